The molecule has 3 rings (SSSR count). The quantitative estimate of drug-likeness (QED) is 0.613. The Balaban J connectivity index is 1.82. The number of hydrogen-bond acceptors (Lipinski definition) is 5. The van der Waals surface area contributed by atoms with Crippen LogP contribution in [0.1, 0.15) is 62.0 Å². The highest BCUT2D eigenvalue weighted by Crippen LogP contribution is 2.28. The summed E-state index contributed by atoms with van der Waals surface area (Å²) in [5.41, 5.74) is 2.25. The van der Waals surface area contributed by atoms with Crippen LogP contribution < -0.4 is 5.32 Å². The highest BCUT2D eigenvalue weighted by molar-refractivity contribution is 7.91. The molecule has 1 amide bonds. The van der Waals surface area contributed by atoms with Crippen LogP contribution in [0, 0.1) is 31.1 Å². The van der Waals surface area contributed by atoms with E-state index in [-0.39, 0.29) is 35.1 Å². The molecule has 3 atom stereocenters. The maximum absolute atomic E-state index is 12.7. The van der Waals surface area contributed by atoms with Crippen molar-refractivity contribution in [2.75, 3.05) is 11.5 Å². The Morgan fingerprint density at radius 2 is 2.00 bits per heavy atom. The molecule has 0 bridgehead atoms. The lowest BCUT2D eigenvalue weighted by Gasteiger charge is -2.29. The van der Waals surface area contributed by atoms with Gasteiger partial charge in [0.15, 0.2) is 9.84 Å². The van der Waals surface area contributed by atoms with Gasteiger partial charge in [-0.25, -0.2) is 8.42 Å². The lowest BCUT2D eigenvalue weighted by molar-refractivity contribution is -0.118. The monoisotopic (exact) mass is 404 g/mol. The third kappa shape index (κ3) is 4.30. The van der Waals surface area contributed by atoms with Crippen molar-refractivity contribution < 1.29 is 13.2 Å². The molecule has 28 heavy (non-hydrogen) atoms. The topological polar surface area (TPSA) is 105 Å². The Bertz CT molecular complexity index is 939. The largest absolute Gasteiger partial charge is 0.348 e. The predicted octanol–water partition coefficient (Wildman–Crippen LogP) is 2.46. The molecule has 0 aromatic carbocycles. The maximum Gasteiger partial charge on any atom is 0.262 e. The summed E-state index contributed by atoms with van der Waals surface area (Å²) in [6.07, 6.45) is 6.43. The summed E-state index contributed by atoms with van der Waals surface area (Å²) < 4.78 is 25.3. The van der Waals surface area contributed by atoms with E-state index in [4.69, 9.17) is 0 Å². The lowest BCUT2D eigenvalue weighted by Crippen LogP contribution is -2.41. The van der Waals surface area contributed by atoms with Crippen LogP contribution in [0.15, 0.2) is 5.57 Å². The zero-order chi connectivity index (χ0) is 20.5. The minimum atomic E-state index is -3.02. The van der Waals surface area contributed by atoms with E-state index >= 15 is 0 Å². The molecule has 7 nitrogen and oxygen atoms in total. The zero-order valence-corrected chi connectivity index (χ0v) is 17.6. The normalized spacial score (nSPS) is 27.4. The number of aromatic nitrogens is 2. The molecule has 0 unspecified atom stereocenters. The van der Waals surface area contributed by atoms with Crippen molar-refractivity contribution in [3.63, 3.8) is 0 Å². The summed E-state index contributed by atoms with van der Waals surface area (Å²) in [5, 5.41) is 17.1. The van der Waals surface area contributed by atoms with Gasteiger partial charge in [-0.2, -0.15) is 10.4 Å². The van der Waals surface area contributed by atoms with Gasteiger partial charge in [0.2, 0.25) is 0 Å². The first-order valence-corrected chi connectivity index (χ1v) is 11.7. The fourth-order valence-corrected chi connectivity index (χ4v) is 5.97. The Hall–Kier alpha value is -2.14. The number of nitrogens with zero attached hydrogens (tertiary/aromatic N) is 3. The molecule has 152 valence electrons. The number of carbonyl (C=O) groups excluding carboxylic acids is 1. The van der Waals surface area contributed by atoms with Crippen molar-refractivity contribution in [1.82, 2.24) is 15.1 Å². The molecular weight excluding hydrogens is 376 g/mol. The van der Waals surface area contributed by atoms with E-state index in [2.05, 4.69) is 17.3 Å². The van der Waals surface area contributed by atoms with Crippen LogP contribution in [0.2, 0.25) is 0 Å². The first-order chi connectivity index (χ1) is 13.2. The fourth-order valence-electron chi connectivity index (χ4n) is 4.28. The molecule has 1 aliphatic heterocycles. The van der Waals surface area contributed by atoms with Gasteiger partial charge >= 0.3 is 0 Å². The van der Waals surface area contributed by atoms with Gasteiger partial charge in [-0.3, -0.25) is 9.48 Å². The number of aryl methyl sites for hydroxylation is 1. The van der Waals surface area contributed by atoms with Crippen LogP contribution in [0.25, 0.3) is 6.08 Å². The van der Waals surface area contributed by atoms with E-state index in [1.165, 1.54) is 6.42 Å². The van der Waals surface area contributed by atoms with Gasteiger partial charge < -0.3 is 5.32 Å². The molecular formula is C20H28N4O3S. The van der Waals surface area contributed by atoms with Crippen LogP contribution >= 0.6 is 0 Å². The molecule has 1 saturated heterocycles. The van der Waals surface area contributed by atoms with Gasteiger partial charge in [0.05, 0.1) is 23.2 Å². The molecule has 2 aliphatic rings. The zero-order valence-electron chi connectivity index (χ0n) is 16.7. The van der Waals surface area contributed by atoms with Crippen molar-refractivity contribution >= 4 is 21.8 Å². The second-order valence-corrected chi connectivity index (χ2v) is 10.3. The van der Waals surface area contributed by atoms with Crippen molar-refractivity contribution in [2.24, 2.45) is 5.92 Å². The maximum atomic E-state index is 12.7. The number of hydrogen-bond donors (Lipinski definition) is 1. The average Bonchev–Trinajstić information content (AvgIpc) is 3.14. The Kier molecular flexibility index (Phi) is 5.94. The first-order valence-electron chi connectivity index (χ1n) is 9.90. The van der Waals surface area contributed by atoms with E-state index in [0.717, 1.165) is 25.0 Å². The SMILES string of the molecule is Cc1nn([C@@H]2CCS(=O)(=O)C2)c(C)c1/C=C(\C#N)C(=O)N[C@@H]1CCCC[C@@H]1C. The van der Waals surface area contributed by atoms with Gasteiger partial charge in [-0.05, 0) is 45.1 Å². The Morgan fingerprint density at radius 1 is 1.29 bits per heavy atom. The molecule has 2 fully saturated rings. The van der Waals surface area contributed by atoms with Crippen molar-refractivity contribution in [3.05, 3.63) is 22.5 Å². The van der Waals surface area contributed by atoms with Crippen LogP contribution in [0.4, 0.5) is 0 Å². The molecule has 0 radical (unpaired) electrons. The second kappa shape index (κ2) is 8.08. The molecule has 1 aliphatic carbocycles. The standard InChI is InChI=1S/C20H28N4O3S/c1-13-6-4-5-7-19(13)22-20(25)16(11-21)10-18-14(2)23-24(15(18)3)17-8-9-28(26,27)12-17/h10,13,17,19H,4-9,12H2,1-3H3,(H,22,25)/b16-10+/t13-,17+,19+/m0/s1. The first kappa shape index (κ1) is 20.6. The van der Waals surface area contributed by atoms with E-state index in [0.29, 0.717) is 23.6 Å². The van der Waals surface area contributed by atoms with E-state index < -0.39 is 9.84 Å². The van der Waals surface area contributed by atoms with Crippen LogP contribution in [0.5, 0.6) is 0 Å². The molecule has 0 spiro atoms. The minimum Gasteiger partial charge on any atom is -0.348 e. The highest BCUT2D eigenvalue weighted by atomic mass is 32.2. The summed E-state index contributed by atoms with van der Waals surface area (Å²) in [7, 11) is -3.02. The van der Waals surface area contributed by atoms with Gasteiger partial charge in [-0.1, -0.05) is 19.8 Å². The number of rotatable bonds is 4. The number of carbonyl (C=O) groups is 1. The third-order valence-electron chi connectivity index (χ3n) is 6.02. The van der Waals surface area contributed by atoms with Crippen LogP contribution in [-0.2, 0) is 14.6 Å². The smallest absolute Gasteiger partial charge is 0.262 e. The number of nitriles is 1. The van der Waals surface area contributed by atoms with E-state index in [9.17, 15) is 18.5 Å². The van der Waals surface area contributed by atoms with Gasteiger partial charge in [0.1, 0.15) is 11.6 Å². The molecule has 2 heterocycles. The third-order valence-corrected chi connectivity index (χ3v) is 7.77. The minimum absolute atomic E-state index is 0.0579. The Morgan fingerprint density at radius 3 is 2.61 bits per heavy atom. The molecule has 1 saturated carbocycles. The molecule has 1 aromatic rings. The average molecular weight is 405 g/mol. The van der Waals surface area contributed by atoms with Gasteiger partial charge in [0, 0.05) is 17.3 Å². The predicted molar refractivity (Wildman–Crippen MR) is 107 cm³/mol. The molecule has 8 heteroatoms. The van der Waals surface area contributed by atoms with Gasteiger partial charge in [-0.15, -0.1) is 0 Å². The fraction of sp³-hybridized carbons (Fsp3) is 0.650. The van der Waals surface area contributed by atoms with Crippen LogP contribution in [0.3, 0.4) is 0 Å². The van der Waals surface area contributed by atoms with Crippen molar-refractivity contribution in [3.8, 4) is 6.07 Å². The van der Waals surface area contributed by atoms with Crippen molar-refractivity contribution in [1.29, 1.82) is 5.26 Å². The molecule has 1 aromatic heterocycles. The second-order valence-electron chi connectivity index (χ2n) is 8.10. The van der Waals surface area contributed by atoms with Crippen molar-refractivity contribution in [2.45, 2.75) is 65.0 Å². The summed E-state index contributed by atoms with van der Waals surface area (Å²) >= 11 is 0. The number of amides is 1. The van der Waals surface area contributed by atoms with E-state index in [1.807, 2.05) is 19.9 Å². The van der Waals surface area contributed by atoms with Gasteiger partial charge in [0.25, 0.3) is 5.91 Å². The van der Waals surface area contributed by atoms with Crippen LogP contribution in [-0.4, -0.2) is 41.7 Å². The molecule has 1 N–H and O–H groups in total. The number of sulfone groups is 1. The summed E-state index contributed by atoms with van der Waals surface area (Å²) in [4.78, 5) is 12.7. The van der Waals surface area contributed by atoms with E-state index in [1.54, 1.807) is 10.8 Å². The highest BCUT2D eigenvalue weighted by Gasteiger charge is 2.31. The lowest BCUT2D eigenvalue weighted by atomic mass is 9.86. The summed E-state index contributed by atoms with van der Waals surface area (Å²) in [6.45, 7) is 5.80. The summed E-state index contributed by atoms with van der Waals surface area (Å²) in [5.74, 6) is 0.319. The summed E-state index contributed by atoms with van der Waals surface area (Å²) in [6, 6.07) is 1.93. The Labute approximate surface area is 166 Å². The number of nitrogens with one attached hydrogen (secondary N) is 1.